The first-order chi connectivity index (χ1) is 12.2. The first-order valence-corrected chi connectivity index (χ1v) is 9.03. The quantitative estimate of drug-likeness (QED) is 0.834. The summed E-state index contributed by atoms with van der Waals surface area (Å²) in [5.74, 6) is -0.332. The molecule has 1 aromatic heterocycles. The minimum Gasteiger partial charge on any atom is -0.387 e. The summed E-state index contributed by atoms with van der Waals surface area (Å²) in [7, 11) is 0. The molecule has 0 bridgehead atoms. The van der Waals surface area contributed by atoms with Gasteiger partial charge in [0.25, 0.3) is 0 Å². The molecule has 2 heterocycles. The molecule has 1 aromatic carbocycles. The number of hydrogen-bond donors (Lipinski definition) is 1. The lowest BCUT2D eigenvalue weighted by atomic mass is 10.0. The van der Waals surface area contributed by atoms with Crippen LogP contribution in [-0.4, -0.2) is 63.5 Å². The summed E-state index contributed by atoms with van der Waals surface area (Å²) in [4.78, 5) is 4.74. The van der Waals surface area contributed by atoms with E-state index in [1.165, 1.54) is 6.07 Å². The first kappa shape index (κ1) is 18.0. The van der Waals surface area contributed by atoms with Crippen LogP contribution in [0.15, 0.2) is 42.7 Å². The number of halogens is 1. The molecule has 1 fully saturated rings. The van der Waals surface area contributed by atoms with Crippen molar-refractivity contribution in [1.29, 1.82) is 0 Å². The maximum atomic E-state index is 13.9. The highest BCUT2D eigenvalue weighted by Gasteiger charge is 2.28. The predicted molar refractivity (Wildman–Crippen MR) is 95.7 cm³/mol. The zero-order valence-corrected chi connectivity index (χ0v) is 14.8. The molecule has 0 amide bonds. The Balaban J connectivity index is 1.54. The van der Waals surface area contributed by atoms with Crippen molar-refractivity contribution in [3.05, 3.63) is 54.1 Å². The highest BCUT2D eigenvalue weighted by Crippen LogP contribution is 2.21. The highest BCUT2D eigenvalue weighted by molar-refractivity contribution is 5.20. The monoisotopic (exact) mass is 346 g/mol. The van der Waals surface area contributed by atoms with E-state index < -0.39 is 6.10 Å². The molecule has 1 aliphatic heterocycles. The molecule has 2 aromatic rings. The number of benzene rings is 1. The van der Waals surface area contributed by atoms with Crippen molar-refractivity contribution in [3.63, 3.8) is 0 Å². The Morgan fingerprint density at radius 1 is 1.24 bits per heavy atom. The van der Waals surface area contributed by atoms with Crippen LogP contribution < -0.4 is 0 Å². The maximum absolute atomic E-state index is 13.9. The van der Waals surface area contributed by atoms with Gasteiger partial charge < -0.3 is 5.11 Å². The van der Waals surface area contributed by atoms with Crippen molar-refractivity contribution in [2.75, 3.05) is 32.7 Å². The van der Waals surface area contributed by atoms with E-state index in [0.717, 1.165) is 39.1 Å². The highest BCUT2D eigenvalue weighted by atomic mass is 19.1. The van der Waals surface area contributed by atoms with Crippen molar-refractivity contribution >= 4 is 0 Å². The number of piperazine rings is 1. The molecule has 0 unspecified atom stereocenters. The zero-order valence-electron chi connectivity index (χ0n) is 14.8. The lowest BCUT2D eigenvalue weighted by Gasteiger charge is -2.42. The van der Waals surface area contributed by atoms with Gasteiger partial charge in [0, 0.05) is 56.7 Å². The summed E-state index contributed by atoms with van der Waals surface area (Å²) in [5, 5.41) is 14.7. The average molecular weight is 346 g/mol. The lowest BCUT2D eigenvalue weighted by molar-refractivity contribution is 0.0285. The summed E-state index contributed by atoms with van der Waals surface area (Å²) < 4.78 is 15.8. The average Bonchev–Trinajstić information content (AvgIpc) is 3.14. The van der Waals surface area contributed by atoms with E-state index in [0.29, 0.717) is 18.2 Å². The number of β-amino-alcohol motifs (C(OH)–C–C–N with tert-alkyl or cyclic N) is 1. The van der Waals surface area contributed by atoms with E-state index >= 15 is 0 Å². The molecular weight excluding hydrogens is 319 g/mol. The summed E-state index contributed by atoms with van der Waals surface area (Å²) >= 11 is 0. The molecule has 25 heavy (non-hydrogen) atoms. The molecule has 0 spiro atoms. The van der Waals surface area contributed by atoms with E-state index in [1.54, 1.807) is 24.4 Å². The molecule has 1 aliphatic rings. The summed E-state index contributed by atoms with van der Waals surface area (Å²) in [5.41, 5.74) is 0.387. The second kappa shape index (κ2) is 8.56. The van der Waals surface area contributed by atoms with Gasteiger partial charge in [-0.1, -0.05) is 25.1 Å². The minimum absolute atomic E-state index is 0.332. The van der Waals surface area contributed by atoms with Crippen LogP contribution in [0.2, 0.25) is 0 Å². The second-order valence-electron chi connectivity index (χ2n) is 6.66. The molecule has 3 rings (SSSR count). The van der Waals surface area contributed by atoms with Gasteiger partial charge in [-0.2, -0.15) is 5.10 Å². The largest absolute Gasteiger partial charge is 0.387 e. The summed E-state index contributed by atoms with van der Waals surface area (Å²) in [6.07, 6.45) is 4.02. The van der Waals surface area contributed by atoms with Crippen molar-refractivity contribution in [2.45, 2.75) is 32.0 Å². The smallest absolute Gasteiger partial charge is 0.129 e. The van der Waals surface area contributed by atoms with Gasteiger partial charge in [-0.25, -0.2) is 4.39 Å². The third-order valence-corrected chi connectivity index (χ3v) is 5.04. The maximum Gasteiger partial charge on any atom is 0.129 e. The third-order valence-electron chi connectivity index (χ3n) is 5.04. The zero-order chi connectivity index (χ0) is 17.6. The van der Waals surface area contributed by atoms with E-state index in [1.807, 2.05) is 16.9 Å². The fourth-order valence-corrected chi connectivity index (χ4v) is 3.53. The van der Waals surface area contributed by atoms with Crippen LogP contribution >= 0.6 is 0 Å². The third kappa shape index (κ3) is 4.66. The Morgan fingerprint density at radius 2 is 2.08 bits per heavy atom. The Labute approximate surface area is 148 Å². The Morgan fingerprint density at radius 3 is 2.80 bits per heavy atom. The number of aliphatic hydroxyl groups is 1. The number of rotatable bonds is 7. The van der Waals surface area contributed by atoms with Gasteiger partial charge in [0.05, 0.1) is 12.6 Å². The van der Waals surface area contributed by atoms with Crippen molar-refractivity contribution < 1.29 is 9.50 Å². The van der Waals surface area contributed by atoms with E-state index in [4.69, 9.17) is 0 Å². The number of aromatic nitrogens is 2. The summed E-state index contributed by atoms with van der Waals surface area (Å²) in [6.45, 7) is 7.34. The fourth-order valence-electron chi connectivity index (χ4n) is 3.53. The van der Waals surface area contributed by atoms with Crippen LogP contribution in [-0.2, 0) is 6.54 Å². The van der Waals surface area contributed by atoms with E-state index in [2.05, 4.69) is 21.8 Å². The Bertz CT molecular complexity index is 649. The van der Waals surface area contributed by atoms with Crippen LogP contribution in [0.3, 0.4) is 0 Å². The fraction of sp³-hybridized carbons (Fsp3) is 0.526. The van der Waals surface area contributed by atoms with Crippen LogP contribution in [0.25, 0.3) is 0 Å². The SMILES string of the molecule is CC[C@@H]1CN(CCn2cccn2)CCN1C[C@@H](O)c1ccccc1F. The Hall–Kier alpha value is -1.76. The molecule has 0 aliphatic carbocycles. The number of hydrogen-bond acceptors (Lipinski definition) is 4. The molecule has 1 saturated heterocycles. The van der Waals surface area contributed by atoms with Gasteiger partial charge in [0.2, 0.25) is 0 Å². The van der Waals surface area contributed by atoms with Crippen molar-refractivity contribution in [1.82, 2.24) is 19.6 Å². The van der Waals surface area contributed by atoms with Gasteiger partial charge in [-0.15, -0.1) is 0 Å². The van der Waals surface area contributed by atoms with Crippen molar-refractivity contribution in [2.24, 2.45) is 0 Å². The summed E-state index contributed by atoms with van der Waals surface area (Å²) in [6, 6.07) is 8.82. The van der Waals surface area contributed by atoms with Crippen molar-refractivity contribution in [3.8, 4) is 0 Å². The molecule has 136 valence electrons. The van der Waals surface area contributed by atoms with Gasteiger partial charge in [0.1, 0.15) is 5.82 Å². The van der Waals surface area contributed by atoms with Crippen LogP contribution in [0.4, 0.5) is 4.39 Å². The molecular formula is C19H27FN4O. The predicted octanol–water partition coefficient (Wildman–Crippen LogP) is 2.15. The molecule has 0 saturated carbocycles. The molecule has 2 atom stereocenters. The van der Waals surface area contributed by atoms with Gasteiger partial charge in [-0.05, 0) is 18.6 Å². The van der Waals surface area contributed by atoms with Gasteiger partial charge in [-0.3, -0.25) is 14.5 Å². The Kier molecular flexibility index (Phi) is 6.18. The van der Waals surface area contributed by atoms with E-state index in [9.17, 15) is 9.50 Å². The minimum atomic E-state index is -0.786. The number of nitrogens with zero attached hydrogens (tertiary/aromatic N) is 4. The topological polar surface area (TPSA) is 44.5 Å². The normalized spacial score (nSPS) is 20.7. The lowest BCUT2D eigenvalue weighted by Crippen LogP contribution is -2.54. The van der Waals surface area contributed by atoms with Gasteiger partial charge >= 0.3 is 0 Å². The molecule has 1 N–H and O–H groups in total. The van der Waals surface area contributed by atoms with Crippen LogP contribution in [0, 0.1) is 5.82 Å². The van der Waals surface area contributed by atoms with Crippen LogP contribution in [0.5, 0.6) is 0 Å². The second-order valence-corrected chi connectivity index (χ2v) is 6.66. The first-order valence-electron chi connectivity index (χ1n) is 9.03. The van der Waals surface area contributed by atoms with Crippen LogP contribution in [0.1, 0.15) is 25.0 Å². The van der Waals surface area contributed by atoms with E-state index in [-0.39, 0.29) is 5.82 Å². The standard InChI is InChI=1S/C19H27FN4O/c1-2-16-14-22(11-13-24-9-5-8-21-24)10-12-23(16)15-19(25)17-6-3-4-7-18(17)20/h3-9,16,19,25H,2,10-15H2,1H3/t16-,19-/m1/s1. The number of aliphatic hydroxyl groups excluding tert-OH is 1. The molecule has 0 radical (unpaired) electrons. The molecule has 5 nitrogen and oxygen atoms in total. The molecule has 6 heteroatoms. The van der Waals surface area contributed by atoms with Gasteiger partial charge in [0.15, 0.2) is 0 Å².